The maximum atomic E-state index is 10.1. The van der Waals surface area contributed by atoms with Crippen LogP contribution < -0.4 is 0 Å². The Kier molecular flexibility index (Phi) is 4.12. The van der Waals surface area contributed by atoms with E-state index in [1.54, 1.807) is 0 Å². The maximum Gasteiger partial charge on any atom is 0.0706 e. The van der Waals surface area contributed by atoms with Crippen molar-refractivity contribution >= 4 is 23.1 Å². The molecule has 0 aromatic carbocycles. The van der Waals surface area contributed by atoms with Gasteiger partial charge in [0.25, 0.3) is 0 Å². The van der Waals surface area contributed by atoms with E-state index in [0.717, 1.165) is 12.8 Å². The lowest BCUT2D eigenvalue weighted by Crippen LogP contribution is -2.22. The van der Waals surface area contributed by atoms with E-state index in [2.05, 4.69) is 19.1 Å². The molecule has 1 aliphatic rings. The molecule has 1 aromatic heterocycles. The van der Waals surface area contributed by atoms with E-state index in [1.807, 2.05) is 23.1 Å². The molecule has 0 amide bonds. The van der Waals surface area contributed by atoms with E-state index >= 15 is 0 Å². The lowest BCUT2D eigenvalue weighted by atomic mass is 10.1. The maximum absolute atomic E-state index is 10.1. The molecule has 2 rings (SSSR count). The highest BCUT2D eigenvalue weighted by Gasteiger charge is 2.24. The summed E-state index contributed by atoms with van der Waals surface area (Å²) in [6.45, 7) is 2.18. The average Bonchev–Trinajstić information content (AvgIpc) is 2.87. The number of thioether (sulfide) groups is 1. The number of thiophene rings is 1. The molecule has 15 heavy (non-hydrogen) atoms. The van der Waals surface area contributed by atoms with Gasteiger partial charge in [0.15, 0.2) is 0 Å². The first-order valence-electron chi connectivity index (χ1n) is 5.67. The second-order valence-corrected chi connectivity index (χ2v) is 6.64. The van der Waals surface area contributed by atoms with Crippen molar-refractivity contribution in [2.45, 2.75) is 44.0 Å². The van der Waals surface area contributed by atoms with Gasteiger partial charge in [0.1, 0.15) is 0 Å². The van der Waals surface area contributed by atoms with Gasteiger partial charge >= 0.3 is 0 Å². The summed E-state index contributed by atoms with van der Waals surface area (Å²) >= 11 is 3.79. The van der Waals surface area contributed by atoms with Crippen LogP contribution in [0.3, 0.4) is 0 Å². The molecule has 3 heteroatoms. The Morgan fingerprint density at radius 2 is 2.27 bits per heavy atom. The van der Waals surface area contributed by atoms with Crippen LogP contribution in [-0.4, -0.2) is 22.2 Å². The van der Waals surface area contributed by atoms with Crippen molar-refractivity contribution in [3.05, 3.63) is 21.9 Å². The zero-order valence-electron chi connectivity index (χ0n) is 9.11. The van der Waals surface area contributed by atoms with Gasteiger partial charge in [-0.25, -0.2) is 0 Å². The van der Waals surface area contributed by atoms with E-state index in [9.17, 15) is 5.11 Å². The quantitative estimate of drug-likeness (QED) is 0.875. The summed E-state index contributed by atoms with van der Waals surface area (Å²) in [7, 11) is 0. The molecule has 2 heterocycles. The molecule has 0 aliphatic carbocycles. The first-order chi connectivity index (χ1) is 7.29. The third-order valence-electron chi connectivity index (χ3n) is 2.87. The molecule has 1 aliphatic heterocycles. The zero-order valence-corrected chi connectivity index (χ0v) is 10.7. The second kappa shape index (κ2) is 5.37. The molecule has 1 fully saturated rings. The second-order valence-electron chi connectivity index (χ2n) is 4.04. The summed E-state index contributed by atoms with van der Waals surface area (Å²) in [6.07, 6.45) is 4.29. The van der Waals surface area contributed by atoms with E-state index in [4.69, 9.17) is 0 Å². The molecule has 0 bridgehead atoms. The number of aliphatic hydroxyl groups is 1. The van der Waals surface area contributed by atoms with Crippen LogP contribution in [-0.2, 0) is 12.8 Å². The zero-order chi connectivity index (χ0) is 10.7. The molecule has 1 aromatic rings. The minimum absolute atomic E-state index is 0.138. The Labute approximate surface area is 99.9 Å². The summed E-state index contributed by atoms with van der Waals surface area (Å²) in [5.74, 6) is 1.23. The fourth-order valence-electron chi connectivity index (χ4n) is 1.97. The van der Waals surface area contributed by atoms with Crippen molar-refractivity contribution in [3.8, 4) is 0 Å². The first kappa shape index (κ1) is 11.5. The predicted molar refractivity (Wildman–Crippen MR) is 68.9 cm³/mol. The molecular formula is C12H18OS2. The third kappa shape index (κ3) is 2.99. The van der Waals surface area contributed by atoms with E-state index in [0.29, 0.717) is 5.25 Å². The number of rotatable bonds is 4. The van der Waals surface area contributed by atoms with E-state index in [1.165, 1.54) is 28.3 Å². The van der Waals surface area contributed by atoms with Crippen LogP contribution in [0.25, 0.3) is 0 Å². The van der Waals surface area contributed by atoms with E-state index in [-0.39, 0.29) is 6.10 Å². The Bertz CT molecular complexity index is 302. The molecule has 0 spiro atoms. The van der Waals surface area contributed by atoms with Crippen molar-refractivity contribution in [1.29, 1.82) is 0 Å². The Hall–Kier alpha value is 0.01000. The first-order valence-corrected chi connectivity index (χ1v) is 7.53. The molecular weight excluding hydrogens is 224 g/mol. The van der Waals surface area contributed by atoms with Gasteiger partial charge in [0.2, 0.25) is 0 Å². The molecule has 0 radical (unpaired) electrons. The molecule has 1 nitrogen and oxygen atoms in total. The van der Waals surface area contributed by atoms with Crippen LogP contribution in [0.2, 0.25) is 0 Å². The predicted octanol–water partition coefficient (Wildman–Crippen LogP) is 3.11. The van der Waals surface area contributed by atoms with Crippen molar-refractivity contribution in [3.63, 3.8) is 0 Å². The average molecular weight is 242 g/mol. The molecule has 84 valence electrons. The fourth-order valence-corrected chi connectivity index (χ4v) is 4.26. The molecule has 0 saturated carbocycles. The van der Waals surface area contributed by atoms with Gasteiger partial charge in [0.05, 0.1) is 6.10 Å². The molecule has 1 N–H and O–H groups in total. The molecule has 1 saturated heterocycles. The van der Waals surface area contributed by atoms with Gasteiger partial charge in [-0.2, -0.15) is 11.8 Å². The highest BCUT2D eigenvalue weighted by atomic mass is 32.2. The number of aliphatic hydroxyl groups excluding tert-OH is 1. The minimum Gasteiger partial charge on any atom is -0.392 e. The minimum atomic E-state index is -0.138. The van der Waals surface area contributed by atoms with Crippen molar-refractivity contribution in [1.82, 2.24) is 0 Å². The van der Waals surface area contributed by atoms with Crippen molar-refractivity contribution < 1.29 is 5.11 Å². The Morgan fingerprint density at radius 1 is 1.47 bits per heavy atom. The molecule has 2 atom stereocenters. The van der Waals surface area contributed by atoms with Gasteiger partial charge in [-0.3, -0.25) is 0 Å². The van der Waals surface area contributed by atoms with Crippen LogP contribution >= 0.6 is 23.1 Å². The lowest BCUT2D eigenvalue weighted by molar-refractivity contribution is 0.171. The number of hydrogen-bond acceptors (Lipinski definition) is 3. The summed E-state index contributed by atoms with van der Waals surface area (Å²) in [6, 6.07) is 4.36. The van der Waals surface area contributed by atoms with E-state index < -0.39 is 0 Å². The summed E-state index contributed by atoms with van der Waals surface area (Å²) in [4.78, 5) is 2.77. The van der Waals surface area contributed by atoms with Crippen LogP contribution in [0.15, 0.2) is 12.1 Å². The number of aryl methyl sites for hydroxylation is 1. The van der Waals surface area contributed by atoms with Gasteiger partial charge in [-0.15, -0.1) is 11.3 Å². The van der Waals surface area contributed by atoms with Crippen LogP contribution in [0.5, 0.6) is 0 Å². The molecule has 2 unspecified atom stereocenters. The fraction of sp³-hybridized carbons (Fsp3) is 0.667. The third-order valence-corrected chi connectivity index (χ3v) is 5.62. The van der Waals surface area contributed by atoms with Gasteiger partial charge in [0, 0.05) is 21.4 Å². The Morgan fingerprint density at radius 3 is 2.87 bits per heavy atom. The van der Waals surface area contributed by atoms with Gasteiger partial charge in [-0.1, -0.05) is 6.92 Å². The SMILES string of the molecule is CCc1ccc(CC(O)C2CCCS2)s1. The Balaban J connectivity index is 1.89. The van der Waals surface area contributed by atoms with Gasteiger partial charge < -0.3 is 5.11 Å². The van der Waals surface area contributed by atoms with Crippen LogP contribution in [0.1, 0.15) is 29.5 Å². The van der Waals surface area contributed by atoms with Crippen LogP contribution in [0, 0.1) is 0 Å². The monoisotopic (exact) mass is 242 g/mol. The van der Waals surface area contributed by atoms with Crippen molar-refractivity contribution in [2.75, 3.05) is 5.75 Å². The highest BCUT2D eigenvalue weighted by Crippen LogP contribution is 2.31. The standard InChI is InChI=1S/C12H18OS2/c1-2-9-5-6-10(15-9)8-11(13)12-4-3-7-14-12/h5-6,11-13H,2-4,7-8H2,1H3. The summed E-state index contributed by atoms with van der Waals surface area (Å²) in [5, 5.41) is 10.6. The topological polar surface area (TPSA) is 20.2 Å². The summed E-state index contributed by atoms with van der Waals surface area (Å²) in [5.41, 5.74) is 0. The lowest BCUT2D eigenvalue weighted by Gasteiger charge is -2.15. The smallest absolute Gasteiger partial charge is 0.0706 e. The van der Waals surface area contributed by atoms with Gasteiger partial charge in [-0.05, 0) is 37.1 Å². The largest absolute Gasteiger partial charge is 0.392 e. The van der Waals surface area contributed by atoms with Crippen LogP contribution in [0.4, 0.5) is 0 Å². The van der Waals surface area contributed by atoms with Crippen molar-refractivity contribution in [2.24, 2.45) is 0 Å². The highest BCUT2D eigenvalue weighted by molar-refractivity contribution is 8.00. The summed E-state index contributed by atoms with van der Waals surface area (Å²) < 4.78 is 0. The number of hydrogen-bond donors (Lipinski definition) is 1. The normalized spacial score (nSPS) is 23.2.